The number of imide groups is 1. The molecular formula is C16H13Cl4NO4. The number of halogens is 4. The van der Waals surface area contributed by atoms with Gasteiger partial charge in [-0.3, -0.25) is 14.4 Å². The van der Waals surface area contributed by atoms with E-state index in [4.69, 9.17) is 56.0 Å². The van der Waals surface area contributed by atoms with Gasteiger partial charge in [0, 0.05) is 11.8 Å². The molecule has 0 unspecified atom stereocenters. The molecule has 0 spiro atoms. The van der Waals surface area contributed by atoms with Gasteiger partial charge in [0.05, 0.1) is 50.5 Å². The second-order valence-electron chi connectivity index (χ2n) is 7.25. The van der Waals surface area contributed by atoms with Gasteiger partial charge in [-0.2, -0.15) is 5.06 Å². The molecule has 0 radical (unpaired) electrons. The van der Waals surface area contributed by atoms with Crippen LogP contribution in [0.25, 0.3) is 0 Å². The highest BCUT2D eigenvalue weighted by atomic mass is 35.5. The molecule has 3 saturated heterocycles. The Hall–Kier alpha value is -0.300. The Balaban J connectivity index is 1.57. The van der Waals surface area contributed by atoms with Crippen LogP contribution in [0.3, 0.4) is 0 Å². The van der Waals surface area contributed by atoms with Crippen LogP contribution >= 0.6 is 46.4 Å². The van der Waals surface area contributed by atoms with Crippen molar-refractivity contribution >= 4 is 58.2 Å². The SMILES string of the molecule is C=CCON1C(=O)[C@@H]2[C@H]3O[C@@H]([C@@H]2C1=O)[C@H]1[C@H]3[C@@]2(Cl)C[C@@]1(Cl)C(Cl)=C2Cl. The fraction of sp³-hybridized carbons (Fsp3) is 0.625. The number of carbonyl (C=O) groups excluding carboxylic acids is 2. The van der Waals surface area contributed by atoms with Crippen molar-refractivity contribution in [3.05, 3.63) is 22.7 Å². The zero-order valence-corrected chi connectivity index (χ0v) is 15.8. The number of hydrogen-bond donors (Lipinski definition) is 0. The molecule has 25 heavy (non-hydrogen) atoms. The van der Waals surface area contributed by atoms with Crippen LogP contribution in [0.15, 0.2) is 22.7 Å². The van der Waals surface area contributed by atoms with Gasteiger partial charge in [-0.1, -0.05) is 29.3 Å². The lowest BCUT2D eigenvalue weighted by molar-refractivity contribution is -0.189. The Kier molecular flexibility index (Phi) is 3.33. The molecule has 134 valence electrons. The first-order valence-corrected chi connectivity index (χ1v) is 9.49. The van der Waals surface area contributed by atoms with E-state index < -0.39 is 45.6 Å². The van der Waals surface area contributed by atoms with Gasteiger partial charge in [-0.15, -0.1) is 29.8 Å². The van der Waals surface area contributed by atoms with Crippen LogP contribution in [-0.2, 0) is 19.2 Å². The van der Waals surface area contributed by atoms with Gasteiger partial charge in [-0.05, 0) is 6.42 Å². The van der Waals surface area contributed by atoms with E-state index in [2.05, 4.69) is 6.58 Å². The number of hydroxylamine groups is 2. The summed E-state index contributed by atoms with van der Waals surface area (Å²) in [6, 6.07) is 0. The molecule has 0 aromatic rings. The summed E-state index contributed by atoms with van der Waals surface area (Å²) in [6.07, 6.45) is 0.806. The minimum Gasteiger partial charge on any atom is -0.373 e. The summed E-state index contributed by atoms with van der Waals surface area (Å²) in [5.41, 5.74) is 0. The largest absolute Gasteiger partial charge is 0.373 e. The van der Waals surface area contributed by atoms with Crippen LogP contribution in [0, 0.1) is 23.7 Å². The normalized spacial score (nSPS) is 52.4. The average Bonchev–Trinajstić information content (AvgIpc) is 3.29. The highest BCUT2D eigenvalue weighted by molar-refractivity contribution is 6.51. The molecule has 2 amide bonds. The van der Waals surface area contributed by atoms with Crippen molar-refractivity contribution in [2.75, 3.05) is 6.61 Å². The van der Waals surface area contributed by atoms with Crippen molar-refractivity contribution in [3.63, 3.8) is 0 Å². The van der Waals surface area contributed by atoms with Crippen LogP contribution in [0.4, 0.5) is 0 Å². The molecule has 0 aromatic carbocycles. The van der Waals surface area contributed by atoms with Gasteiger partial charge >= 0.3 is 0 Å². The molecule has 3 heterocycles. The third-order valence-corrected chi connectivity index (χ3v) is 8.78. The fourth-order valence-electron chi connectivity index (χ4n) is 5.52. The van der Waals surface area contributed by atoms with E-state index in [-0.39, 0.29) is 18.4 Å². The number of alkyl halides is 2. The number of hydrogen-bond acceptors (Lipinski definition) is 4. The maximum Gasteiger partial charge on any atom is 0.260 e. The quantitative estimate of drug-likeness (QED) is 0.397. The summed E-state index contributed by atoms with van der Waals surface area (Å²) < 4.78 is 6.05. The first-order chi connectivity index (χ1) is 11.8. The highest BCUT2D eigenvalue weighted by Crippen LogP contribution is 2.75. The number of ether oxygens (including phenoxy) is 1. The van der Waals surface area contributed by atoms with Gasteiger partial charge in [0.25, 0.3) is 11.8 Å². The van der Waals surface area contributed by atoms with Crippen LogP contribution in [0.2, 0.25) is 0 Å². The lowest BCUT2D eigenvalue weighted by Gasteiger charge is -2.40. The monoisotopic (exact) mass is 423 g/mol. The fourth-order valence-corrected chi connectivity index (χ4v) is 7.54. The van der Waals surface area contributed by atoms with E-state index in [1.165, 1.54) is 6.08 Å². The van der Waals surface area contributed by atoms with Crippen LogP contribution in [-0.4, -0.2) is 45.4 Å². The van der Waals surface area contributed by atoms with Crippen molar-refractivity contribution < 1.29 is 19.2 Å². The van der Waals surface area contributed by atoms with Crippen LogP contribution < -0.4 is 0 Å². The van der Waals surface area contributed by atoms with E-state index >= 15 is 0 Å². The van der Waals surface area contributed by atoms with Crippen molar-refractivity contribution in [2.24, 2.45) is 23.7 Å². The first-order valence-electron chi connectivity index (χ1n) is 7.98. The van der Waals surface area contributed by atoms with Gasteiger partial charge < -0.3 is 4.74 Å². The van der Waals surface area contributed by atoms with Gasteiger partial charge in [0.2, 0.25) is 0 Å². The Labute approximate surface area is 163 Å². The molecule has 8 atom stereocenters. The van der Waals surface area contributed by atoms with E-state index in [0.717, 1.165) is 5.06 Å². The Morgan fingerprint density at radius 2 is 1.60 bits per heavy atom. The summed E-state index contributed by atoms with van der Waals surface area (Å²) in [6.45, 7) is 3.59. The molecular weight excluding hydrogens is 412 g/mol. The maximum absolute atomic E-state index is 12.7. The van der Waals surface area contributed by atoms with E-state index in [1.807, 2.05) is 0 Å². The summed E-state index contributed by atoms with van der Waals surface area (Å²) >= 11 is 26.4. The third kappa shape index (κ3) is 1.67. The zero-order valence-electron chi connectivity index (χ0n) is 12.8. The molecule has 5 aliphatic rings. The predicted molar refractivity (Wildman–Crippen MR) is 91.1 cm³/mol. The smallest absolute Gasteiger partial charge is 0.260 e. The predicted octanol–water partition coefficient (Wildman–Crippen LogP) is 2.78. The lowest BCUT2D eigenvalue weighted by atomic mass is 9.65. The Morgan fingerprint density at radius 1 is 1.12 bits per heavy atom. The highest BCUT2D eigenvalue weighted by Gasteiger charge is 2.82. The number of rotatable bonds is 3. The summed E-state index contributed by atoms with van der Waals surface area (Å²) in [5.74, 6) is -2.57. The van der Waals surface area contributed by atoms with Gasteiger partial charge in [0.1, 0.15) is 0 Å². The van der Waals surface area contributed by atoms with Crippen molar-refractivity contribution in [2.45, 2.75) is 28.4 Å². The molecule has 1 saturated carbocycles. The molecule has 2 aliphatic carbocycles. The topological polar surface area (TPSA) is 55.8 Å². The van der Waals surface area contributed by atoms with Crippen molar-refractivity contribution in [1.29, 1.82) is 0 Å². The molecule has 0 aromatic heterocycles. The molecule has 4 fully saturated rings. The van der Waals surface area contributed by atoms with Gasteiger partial charge in [0.15, 0.2) is 0 Å². The van der Waals surface area contributed by atoms with E-state index in [0.29, 0.717) is 16.5 Å². The van der Waals surface area contributed by atoms with Crippen LogP contribution in [0.1, 0.15) is 6.42 Å². The molecule has 5 nitrogen and oxygen atoms in total. The second-order valence-corrected chi connectivity index (χ2v) is 9.36. The Bertz CT molecular complexity index is 717. The standard InChI is InChI=1S/C16H13Cl4NO4/c1-2-3-24-21-13(22)5-6(14(21)23)10-8-7(9(5)25-10)15(19)4-16(8,20)12(18)11(15)17/h2,5-10H,1,3-4H2/t5-,6+,7-,8-,9+,10-,15+,16+/m1/s1. The number of fused-ring (bicyclic) bond motifs is 12. The molecule has 4 bridgehead atoms. The number of nitrogens with zero attached hydrogens (tertiary/aromatic N) is 1. The lowest BCUT2D eigenvalue weighted by Crippen LogP contribution is -2.50. The molecule has 0 N–H and O–H groups in total. The van der Waals surface area contributed by atoms with Gasteiger partial charge in [-0.25, -0.2) is 0 Å². The number of carbonyl (C=O) groups is 2. The van der Waals surface area contributed by atoms with Crippen molar-refractivity contribution in [1.82, 2.24) is 5.06 Å². The third-order valence-electron chi connectivity index (χ3n) is 6.29. The minimum absolute atomic E-state index is 0.0675. The summed E-state index contributed by atoms with van der Waals surface area (Å²) in [5, 5.41) is 1.49. The van der Waals surface area contributed by atoms with E-state index in [1.54, 1.807) is 0 Å². The number of amides is 2. The average molecular weight is 425 g/mol. The molecule has 3 aliphatic heterocycles. The Morgan fingerprint density at radius 3 is 2.04 bits per heavy atom. The molecule has 5 rings (SSSR count). The summed E-state index contributed by atoms with van der Waals surface area (Å²) in [7, 11) is 0. The zero-order chi connectivity index (χ0) is 17.9. The minimum atomic E-state index is -0.950. The maximum atomic E-state index is 12.7. The second kappa shape index (κ2) is 4.94. The van der Waals surface area contributed by atoms with Crippen molar-refractivity contribution in [3.8, 4) is 0 Å². The van der Waals surface area contributed by atoms with E-state index in [9.17, 15) is 9.59 Å². The van der Waals surface area contributed by atoms with Crippen LogP contribution in [0.5, 0.6) is 0 Å². The molecule has 9 heteroatoms. The number of allylic oxidation sites excluding steroid dienone is 2. The summed E-state index contributed by atoms with van der Waals surface area (Å²) in [4.78, 5) is 28.8. The first kappa shape index (κ1) is 16.8.